The number of benzene rings is 1. The summed E-state index contributed by atoms with van der Waals surface area (Å²) < 4.78 is 24.5. The molecule has 0 amide bonds. The first-order valence-corrected chi connectivity index (χ1v) is 9.42. The molecule has 0 spiro atoms. The lowest BCUT2D eigenvalue weighted by Crippen LogP contribution is -2.24. The van der Waals surface area contributed by atoms with E-state index in [0.717, 1.165) is 32.2 Å². The van der Waals surface area contributed by atoms with Gasteiger partial charge in [-0.05, 0) is 50.2 Å². The molecule has 4 nitrogen and oxygen atoms in total. The van der Waals surface area contributed by atoms with Crippen LogP contribution in [0.3, 0.4) is 0 Å². The van der Waals surface area contributed by atoms with Crippen LogP contribution in [0.15, 0.2) is 29.2 Å². The average molecular weight is 311 g/mol. The molecule has 1 aromatic rings. The van der Waals surface area contributed by atoms with Gasteiger partial charge in [0.15, 0.2) is 9.84 Å². The summed E-state index contributed by atoms with van der Waals surface area (Å²) in [7, 11) is -3.21. The predicted molar refractivity (Wildman–Crippen MR) is 85.2 cm³/mol. The summed E-state index contributed by atoms with van der Waals surface area (Å²) in [4.78, 5) is 0.405. The molecular formula is C16H25NO3S. The van der Waals surface area contributed by atoms with Crippen molar-refractivity contribution in [2.45, 2.75) is 50.0 Å². The van der Waals surface area contributed by atoms with Crippen LogP contribution in [0.2, 0.25) is 0 Å². The number of aliphatic hydroxyl groups is 1. The van der Waals surface area contributed by atoms with Crippen LogP contribution >= 0.6 is 0 Å². The first-order valence-electron chi connectivity index (χ1n) is 7.76. The topological polar surface area (TPSA) is 66.4 Å². The number of hydrogen-bond donors (Lipinski definition) is 2. The van der Waals surface area contributed by atoms with Gasteiger partial charge in [0, 0.05) is 6.54 Å². The lowest BCUT2D eigenvalue weighted by molar-refractivity contribution is 0.111. The van der Waals surface area contributed by atoms with Crippen molar-refractivity contribution in [3.8, 4) is 0 Å². The van der Waals surface area contributed by atoms with E-state index < -0.39 is 9.84 Å². The van der Waals surface area contributed by atoms with Gasteiger partial charge in [-0.25, -0.2) is 8.42 Å². The summed E-state index contributed by atoms with van der Waals surface area (Å²) >= 11 is 0. The third-order valence-electron chi connectivity index (χ3n) is 4.09. The highest BCUT2D eigenvalue weighted by Crippen LogP contribution is 2.27. The van der Waals surface area contributed by atoms with Crippen LogP contribution in [0.5, 0.6) is 0 Å². The maximum Gasteiger partial charge on any atom is 0.180 e. The van der Waals surface area contributed by atoms with E-state index in [1.165, 1.54) is 0 Å². The van der Waals surface area contributed by atoms with Crippen LogP contribution in [0, 0.1) is 5.92 Å². The van der Waals surface area contributed by atoms with Crippen LogP contribution in [-0.2, 0) is 9.84 Å². The maximum absolute atomic E-state index is 12.3. The van der Waals surface area contributed by atoms with Crippen molar-refractivity contribution in [1.82, 2.24) is 0 Å². The highest BCUT2D eigenvalue weighted by molar-refractivity contribution is 7.91. The summed E-state index contributed by atoms with van der Waals surface area (Å²) in [6.07, 6.45) is 4.16. The molecule has 1 saturated carbocycles. The Balaban J connectivity index is 2.04. The fourth-order valence-corrected chi connectivity index (χ4v) is 4.38. The van der Waals surface area contributed by atoms with Gasteiger partial charge in [-0.3, -0.25) is 0 Å². The fourth-order valence-electron chi connectivity index (χ4n) is 2.87. The number of nitrogens with one attached hydrogen (secondary N) is 1. The van der Waals surface area contributed by atoms with E-state index in [0.29, 0.717) is 22.9 Å². The largest absolute Gasteiger partial charge is 0.393 e. The van der Waals surface area contributed by atoms with Crippen molar-refractivity contribution in [1.29, 1.82) is 0 Å². The molecule has 0 atom stereocenters. The van der Waals surface area contributed by atoms with Crippen molar-refractivity contribution < 1.29 is 13.5 Å². The zero-order valence-electron chi connectivity index (χ0n) is 12.6. The quantitative estimate of drug-likeness (QED) is 0.848. The van der Waals surface area contributed by atoms with Gasteiger partial charge < -0.3 is 10.4 Å². The number of aliphatic hydroxyl groups excluding tert-OH is 1. The first-order chi connectivity index (χ1) is 10.0. The van der Waals surface area contributed by atoms with E-state index in [1.807, 2.05) is 19.1 Å². The number of rotatable bonds is 6. The molecule has 1 aliphatic carbocycles. The van der Waals surface area contributed by atoms with Gasteiger partial charge in [0.2, 0.25) is 0 Å². The molecule has 0 aromatic heterocycles. The van der Waals surface area contributed by atoms with Crippen LogP contribution in [0.1, 0.15) is 39.0 Å². The minimum Gasteiger partial charge on any atom is -0.393 e. The number of hydrogen-bond acceptors (Lipinski definition) is 4. The molecule has 0 unspecified atom stereocenters. The zero-order chi connectivity index (χ0) is 15.3. The van der Waals surface area contributed by atoms with Gasteiger partial charge in [-0.2, -0.15) is 0 Å². The molecule has 0 heterocycles. The monoisotopic (exact) mass is 311 g/mol. The van der Waals surface area contributed by atoms with Gasteiger partial charge in [0.1, 0.15) is 0 Å². The Bertz CT molecular complexity index is 548. The second-order valence-corrected chi connectivity index (χ2v) is 7.95. The second kappa shape index (κ2) is 7.27. The standard InChI is InChI=1S/C16H25NO3S/c1-2-11-21(19,20)16-6-4-3-5-15(16)17-12-13-7-9-14(18)10-8-13/h3-6,13-14,17-18H,2,7-12H2,1H3. The molecule has 0 aliphatic heterocycles. The normalized spacial score (nSPS) is 23.0. The van der Waals surface area contributed by atoms with Gasteiger partial charge in [0.05, 0.1) is 22.4 Å². The number of para-hydroxylation sites is 1. The van der Waals surface area contributed by atoms with E-state index in [-0.39, 0.29) is 11.9 Å². The Morgan fingerprint density at radius 1 is 1.19 bits per heavy atom. The summed E-state index contributed by atoms with van der Waals surface area (Å²) in [5, 5.41) is 12.8. The molecular weight excluding hydrogens is 286 g/mol. The molecule has 2 N–H and O–H groups in total. The predicted octanol–water partition coefficient (Wildman–Crippen LogP) is 2.83. The smallest absolute Gasteiger partial charge is 0.180 e. The molecule has 0 radical (unpaired) electrons. The van der Waals surface area contributed by atoms with Crippen molar-refractivity contribution in [3.05, 3.63) is 24.3 Å². The molecule has 0 saturated heterocycles. The average Bonchev–Trinajstić information content (AvgIpc) is 2.47. The lowest BCUT2D eigenvalue weighted by Gasteiger charge is -2.26. The molecule has 118 valence electrons. The Hall–Kier alpha value is -1.07. The highest BCUT2D eigenvalue weighted by Gasteiger charge is 2.21. The Kier molecular flexibility index (Phi) is 5.65. The summed E-state index contributed by atoms with van der Waals surface area (Å²) in [6, 6.07) is 7.14. The first kappa shape index (κ1) is 16.3. The molecule has 5 heteroatoms. The summed E-state index contributed by atoms with van der Waals surface area (Å²) in [5.74, 6) is 0.691. The number of sulfone groups is 1. The zero-order valence-corrected chi connectivity index (χ0v) is 13.4. The van der Waals surface area contributed by atoms with Crippen molar-refractivity contribution in [3.63, 3.8) is 0 Å². The lowest BCUT2D eigenvalue weighted by atomic mass is 9.87. The van der Waals surface area contributed by atoms with Gasteiger partial charge >= 0.3 is 0 Å². The summed E-state index contributed by atoms with van der Waals surface area (Å²) in [5.41, 5.74) is 0.706. The van der Waals surface area contributed by atoms with E-state index in [1.54, 1.807) is 12.1 Å². The van der Waals surface area contributed by atoms with Crippen LogP contribution < -0.4 is 5.32 Å². The van der Waals surface area contributed by atoms with Gasteiger partial charge in [-0.15, -0.1) is 0 Å². The molecule has 21 heavy (non-hydrogen) atoms. The van der Waals surface area contributed by atoms with E-state index in [4.69, 9.17) is 0 Å². The van der Waals surface area contributed by atoms with Crippen LogP contribution in [-0.4, -0.2) is 31.9 Å². The van der Waals surface area contributed by atoms with Crippen molar-refractivity contribution in [2.75, 3.05) is 17.6 Å². The van der Waals surface area contributed by atoms with Crippen LogP contribution in [0.25, 0.3) is 0 Å². The minimum atomic E-state index is -3.21. The number of anilines is 1. The molecule has 2 rings (SSSR count). The van der Waals surface area contributed by atoms with Gasteiger partial charge in [-0.1, -0.05) is 19.1 Å². The van der Waals surface area contributed by atoms with E-state index >= 15 is 0 Å². The van der Waals surface area contributed by atoms with Crippen LogP contribution in [0.4, 0.5) is 5.69 Å². The Morgan fingerprint density at radius 3 is 2.52 bits per heavy atom. The third-order valence-corrected chi connectivity index (χ3v) is 6.06. The van der Waals surface area contributed by atoms with Crippen molar-refractivity contribution in [2.24, 2.45) is 5.92 Å². The SMILES string of the molecule is CCCS(=O)(=O)c1ccccc1NCC1CCC(O)CC1. The molecule has 1 fully saturated rings. The summed E-state index contributed by atoms with van der Waals surface area (Å²) in [6.45, 7) is 2.65. The fraction of sp³-hybridized carbons (Fsp3) is 0.625. The Morgan fingerprint density at radius 2 is 1.86 bits per heavy atom. The van der Waals surface area contributed by atoms with E-state index in [9.17, 15) is 13.5 Å². The van der Waals surface area contributed by atoms with Gasteiger partial charge in [0.25, 0.3) is 0 Å². The third kappa shape index (κ3) is 4.45. The molecule has 0 bridgehead atoms. The Labute approximate surface area is 127 Å². The maximum atomic E-state index is 12.3. The van der Waals surface area contributed by atoms with Crippen molar-refractivity contribution >= 4 is 15.5 Å². The second-order valence-electron chi connectivity index (χ2n) is 5.87. The minimum absolute atomic E-state index is 0.154. The van der Waals surface area contributed by atoms with E-state index in [2.05, 4.69) is 5.32 Å². The molecule has 1 aromatic carbocycles. The molecule has 1 aliphatic rings. The highest BCUT2D eigenvalue weighted by atomic mass is 32.2.